The highest BCUT2D eigenvalue weighted by Gasteiger charge is 2.09. The fourth-order valence-corrected chi connectivity index (χ4v) is 3.23. The number of benzene rings is 3. The molecule has 0 heterocycles. The first-order valence-corrected chi connectivity index (χ1v) is 9.73. The zero-order valence-electron chi connectivity index (χ0n) is 14.6. The fourth-order valence-electron chi connectivity index (χ4n) is 2.69. The lowest BCUT2D eigenvalue weighted by Gasteiger charge is -2.17. The van der Waals surface area contributed by atoms with Gasteiger partial charge in [0.2, 0.25) is 0 Å². The molecule has 0 aromatic heterocycles. The van der Waals surface area contributed by atoms with Crippen LogP contribution in [0.3, 0.4) is 0 Å². The first-order chi connectivity index (χ1) is 12.6. The Morgan fingerprint density at radius 1 is 1.00 bits per heavy atom. The monoisotopic (exact) mass is 429 g/mol. The zero-order valence-corrected chi connectivity index (χ0v) is 16.9. The molecule has 0 saturated heterocycles. The second-order valence-corrected chi connectivity index (χ2v) is 7.53. The Hall–Kier alpha value is -1.81. The van der Waals surface area contributed by atoms with Crippen molar-refractivity contribution < 1.29 is 4.74 Å². The predicted molar refractivity (Wildman–Crippen MR) is 112 cm³/mol. The molecule has 3 aromatic rings. The molecular weight excluding hydrogens is 410 g/mol. The zero-order chi connectivity index (χ0) is 18.4. The van der Waals surface area contributed by atoms with E-state index in [-0.39, 0.29) is 6.04 Å². The smallest absolute Gasteiger partial charge is 0.124 e. The maximum atomic E-state index is 6.05. The molecule has 1 unspecified atom stereocenters. The molecule has 0 aliphatic rings. The van der Waals surface area contributed by atoms with E-state index in [1.54, 1.807) is 0 Å². The van der Waals surface area contributed by atoms with Gasteiger partial charge in [0.1, 0.15) is 12.4 Å². The maximum absolute atomic E-state index is 6.05. The molecule has 0 spiro atoms. The minimum absolute atomic E-state index is 0.263. The lowest BCUT2D eigenvalue weighted by atomic mass is 10.1. The summed E-state index contributed by atoms with van der Waals surface area (Å²) in [5.41, 5.74) is 3.48. The third-order valence-corrected chi connectivity index (χ3v) is 4.97. The van der Waals surface area contributed by atoms with Crippen LogP contribution in [0, 0.1) is 0 Å². The Kier molecular flexibility index (Phi) is 6.73. The molecular formula is C22H21BrClNO. The second kappa shape index (κ2) is 9.22. The Labute approximate surface area is 168 Å². The number of hydrogen-bond acceptors (Lipinski definition) is 2. The van der Waals surface area contributed by atoms with Gasteiger partial charge in [-0.2, -0.15) is 0 Å². The van der Waals surface area contributed by atoms with Gasteiger partial charge in [0.05, 0.1) is 0 Å². The lowest BCUT2D eigenvalue weighted by molar-refractivity contribution is 0.301. The molecule has 3 rings (SSSR count). The van der Waals surface area contributed by atoms with E-state index in [9.17, 15) is 0 Å². The largest absolute Gasteiger partial charge is 0.489 e. The molecule has 1 N–H and O–H groups in total. The fraction of sp³-hybridized carbons (Fsp3) is 0.182. The Bertz CT molecular complexity index is 837. The molecule has 0 bridgehead atoms. The van der Waals surface area contributed by atoms with E-state index in [1.807, 2.05) is 42.5 Å². The molecule has 0 amide bonds. The van der Waals surface area contributed by atoms with Crippen molar-refractivity contribution >= 4 is 27.5 Å². The summed E-state index contributed by atoms with van der Waals surface area (Å²) in [6.07, 6.45) is 0. The molecule has 26 heavy (non-hydrogen) atoms. The van der Waals surface area contributed by atoms with Gasteiger partial charge in [-0.25, -0.2) is 0 Å². The highest BCUT2D eigenvalue weighted by atomic mass is 79.9. The van der Waals surface area contributed by atoms with Gasteiger partial charge in [-0.15, -0.1) is 0 Å². The third kappa shape index (κ3) is 5.34. The van der Waals surface area contributed by atoms with Gasteiger partial charge in [0.15, 0.2) is 0 Å². The average molecular weight is 431 g/mol. The first-order valence-electron chi connectivity index (χ1n) is 8.56. The summed E-state index contributed by atoms with van der Waals surface area (Å²) in [6, 6.07) is 24.5. The Morgan fingerprint density at radius 2 is 1.73 bits per heavy atom. The highest BCUT2D eigenvalue weighted by Crippen LogP contribution is 2.25. The summed E-state index contributed by atoms with van der Waals surface area (Å²) < 4.78 is 7.09. The predicted octanol–water partition coefficient (Wildman–Crippen LogP) is 6.53. The van der Waals surface area contributed by atoms with E-state index >= 15 is 0 Å². The number of ether oxygens (including phenoxy) is 1. The average Bonchev–Trinajstić information content (AvgIpc) is 2.67. The topological polar surface area (TPSA) is 21.3 Å². The molecule has 0 saturated carbocycles. The molecule has 0 aliphatic heterocycles. The molecule has 0 radical (unpaired) electrons. The van der Waals surface area contributed by atoms with Crippen LogP contribution in [0.2, 0.25) is 5.02 Å². The number of nitrogens with one attached hydrogen (secondary N) is 1. The van der Waals surface area contributed by atoms with E-state index in [0.717, 1.165) is 32.9 Å². The van der Waals surface area contributed by atoms with Crippen LogP contribution in [0.1, 0.15) is 29.7 Å². The van der Waals surface area contributed by atoms with E-state index in [2.05, 4.69) is 58.5 Å². The van der Waals surface area contributed by atoms with Crippen LogP contribution in [-0.2, 0) is 13.2 Å². The SMILES string of the molecule is CC(NCc1cc(Br)ccc1OCc1ccc(Cl)cc1)c1ccccc1. The normalized spacial score (nSPS) is 12.0. The van der Waals surface area contributed by atoms with Crippen LogP contribution in [0.15, 0.2) is 77.3 Å². The minimum Gasteiger partial charge on any atom is -0.489 e. The summed E-state index contributed by atoms with van der Waals surface area (Å²) in [6.45, 7) is 3.41. The highest BCUT2D eigenvalue weighted by molar-refractivity contribution is 9.10. The summed E-state index contributed by atoms with van der Waals surface area (Å²) in [5.74, 6) is 0.885. The lowest BCUT2D eigenvalue weighted by Crippen LogP contribution is -2.18. The van der Waals surface area contributed by atoms with Gasteiger partial charge >= 0.3 is 0 Å². The summed E-state index contributed by atoms with van der Waals surface area (Å²) in [7, 11) is 0. The maximum Gasteiger partial charge on any atom is 0.124 e. The van der Waals surface area contributed by atoms with E-state index < -0.39 is 0 Å². The standard InChI is InChI=1S/C22H21BrClNO/c1-16(18-5-3-2-4-6-18)25-14-19-13-20(23)9-12-22(19)26-15-17-7-10-21(24)11-8-17/h2-13,16,25H,14-15H2,1H3. The Morgan fingerprint density at radius 3 is 2.46 bits per heavy atom. The third-order valence-electron chi connectivity index (χ3n) is 4.23. The Balaban J connectivity index is 1.66. The van der Waals surface area contributed by atoms with Gasteiger partial charge in [0, 0.05) is 27.6 Å². The number of halogens is 2. The molecule has 134 valence electrons. The number of rotatable bonds is 7. The van der Waals surface area contributed by atoms with Gasteiger partial charge in [-0.3, -0.25) is 0 Å². The van der Waals surface area contributed by atoms with Gasteiger partial charge in [0.25, 0.3) is 0 Å². The van der Waals surface area contributed by atoms with Gasteiger partial charge < -0.3 is 10.1 Å². The molecule has 0 fully saturated rings. The van der Waals surface area contributed by atoms with Crippen molar-refractivity contribution in [2.24, 2.45) is 0 Å². The van der Waals surface area contributed by atoms with Crippen molar-refractivity contribution in [3.63, 3.8) is 0 Å². The molecule has 3 aromatic carbocycles. The van der Waals surface area contributed by atoms with Crippen LogP contribution in [0.5, 0.6) is 5.75 Å². The van der Waals surface area contributed by atoms with Crippen LogP contribution in [0.4, 0.5) is 0 Å². The van der Waals surface area contributed by atoms with Crippen LogP contribution < -0.4 is 10.1 Å². The number of hydrogen-bond donors (Lipinski definition) is 1. The summed E-state index contributed by atoms with van der Waals surface area (Å²) in [4.78, 5) is 0. The van der Waals surface area contributed by atoms with E-state index in [4.69, 9.17) is 16.3 Å². The van der Waals surface area contributed by atoms with E-state index in [0.29, 0.717) is 6.61 Å². The van der Waals surface area contributed by atoms with Crippen LogP contribution >= 0.6 is 27.5 Å². The van der Waals surface area contributed by atoms with Crippen molar-refractivity contribution in [2.75, 3.05) is 0 Å². The van der Waals surface area contributed by atoms with Crippen molar-refractivity contribution in [3.8, 4) is 5.75 Å². The quantitative estimate of drug-likeness (QED) is 0.460. The molecule has 1 atom stereocenters. The summed E-state index contributed by atoms with van der Waals surface area (Å²) in [5, 5.41) is 4.30. The molecule has 4 heteroatoms. The van der Waals surface area contributed by atoms with E-state index in [1.165, 1.54) is 5.56 Å². The molecule has 2 nitrogen and oxygen atoms in total. The summed E-state index contributed by atoms with van der Waals surface area (Å²) >= 11 is 9.49. The van der Waals surface area contributed by atoms with Gasteiger partial charge in [-0.1, -0.05) is 70.0 Å². The van der Waals surface area contributed by atoms with Crippen LogP contribution in [0.25, 0.3) is 0 Å². The van der Waals surface area contributed by atoms with Crippen molar-refractivity contribution in [1.29, 1.82) is 0 Å². The molecule has 0 aliphatic carbocycles. The van der Waals surface area contributed by atoms with Crippen molar-refractivity contribution in [2.45, 2.75) is 26.1 Å². The van der Waals surface area contributed by atoms with Crippen molar-refractivity contribution in [3.05, 3.63) is 99.0 Å². The van der Waals surface area contributed by atoms with Crippen molar-refractivity contribution in [1.82, 2.24) is 5.32 Å². The van der Waals surface area contributed by atoms with Gasteiger partial charge in [-0.05, 0) is 48.4 Å². The van der Waals surface area contributed by atoms with Crippen LogP contribution in [-0.4, -0.2) is 0 Å². The second-order valence-electron chi connectivity index (χ2n) is 6.18. The first kappa shape index (κ1) is 19.0. The minimum atomic E-state index is 0.263.